The Hall–Kier alpha value is -1.85. The molecule has 0 aliphatic rings. The molecule has 3 N–H and O–H groups in total. The van der Waals surface area contributed by atoms with Crippen LogP contribution in [0.2, 0.25) is 0 Å². The Kier molecular flexibility index (Phi) is 5.35. The van der Waals surface area contributed by atoms with Crippen LogP contribution in [0.25, 0.3) is 0 Å². The van der Waals surface area contributed by atoms with Crippen molar-refractivity contribution in [2.75, 3.05) is 18.5 Å². The first kappa shape index (κ1) is 14.2. The van der Waals surface area contributed by atoms with E-state index in [-0.39, 0.29) is 11.8 Å². The van der Waals surface area contributed by atoms with E-state index in [1.165, 1.54) is 0 Å². The number of hydrogen-bond acceptors (Lipinski definition) is 5. The van der Waals surface area contributed by atoms with Crippen molar-refractivity contribution in [1.29, 1.82) is 0 Å². The van der Waals surface area contributed by atoms with E-state index in [2.05, 4.69) is 22.0 Å². The van der Waals surface area contributed by atoms with Gasteiger partial charge >= 0.3 is 0 Å². The third kappa shape index (κ3) is 3.87. The molecule has 6 nitrogen and oxygen atoms in total. The molecule has 0 amide bonds. The molecule has 0 bridgehead atoms. The van der Waals surface area contributed by atoms with Gasteiger partial charge in [-0.15, -0.1) is 0 Å². The zero-order valence-electron chi connectivity index (χ0n) is 11.2. The average Bonchev–Trinajstić information content (AvgIpc) is 2.38. The van der Waals surface area contributed by atoms with Gasteiger partial charge in [0, 0.05) is 31.3 Å². The number of amidine groups is 1. The lowest BCUT2D eigenvalue weighted by Gasteiger charge is -2.21. The summed E-state index contributed by atoms with van der Waals surface area (Å²) >= 11 is 0. The maximum absolute atomic E-state index is 8.62. The van der Waals surface area contributed by atoms with E-state index in [1.807, 2.05) is 24.9 Å². The van der Waals surface area contributed by atoms with E-state index in [9.17, 15) is 0 Å². The summed E-state index contributed by atoms with van der Waals surface area (Å²) in [4.78, 5) is 10.4. The lowest BCUT2D eigenvalue weighted by Crippen LogP contribution is -2.33. The number of anilines is 1. The quantitative estimate of drug-likeness (QED) is 0.344. The van der Waals surface area contributed by atoms with Crippen LogP contribution in [0.1, 0.15) is 26.0 Å². The summed E-state index contributed by atoms with van der Waals surface area (Å²) in [6, 6.07) is 1.97. The van der Waals surface area contributed by atoms with Crippen LogP contribution in [0.15, 0.2) is 17.5 Å². The zero-order chi connectivity index (χ0) is 13.5. The van der Waals surface area contributed by atoms with E-state index >= 15 is 0 Å². The minimum atomic E-state index is -0.0374. The predicted octanol–water partition coefficient (Wildman–Crippen LogP) is 1.25. The van der Waals surface area contributed by atoms with E-state index in [0.717, 1.165) is 24.4 Å². The highest BCUT2D eigenvalue weighted by Crippen LogP contribution is 2.12. The lowest BCUT2D eigenvalue weighted by molar-refractivity contribution is 0.314. The number of nitrogens with two attached hydrogens (primary N) is 1. The van der Waals surface area contributed by atoms with E-state index in [0.29, 0.717) is 6.54 Å². The molecule has 0 spiro atoms. The van der Waals surface area contributed by atoms with Crippen LogP contribution in [-0.4, -0.2) is 34.6 Å². The molecule has 0 radical (unpaired) electrons. The highest BCUT2D eigenvalue weighted by Gasteiger charge is 2.12. The Bertz CT molecular complexity index is 407. The maximum atomic E-state index is 8.62. The molecule has 0 aliphatic carbocycles. The molecule has 0 saturated carbocycles. The Morgan fingerprint density at radius 1 is 1.56 bits per heavy atom. The Labute approximate surface area is 108 Å². The number of hydrogen-bond donors (Lipinski definition) is 2. The van der Waals surface area contributed by atoms with Gasteiger partial charge < -0.3 is 15.8 Å². The standard InChI is InChI=1S/C12H21N5O/c1-4-5-10-6-11(15-8-14-10)17(3)7-9(2)12(13)16-18/h6,8-9,18H,4-5,7H2,1-3H3,(H2,13,16). The fourth-order valence-electron chi connectivity index (χ4n) is 1.68. The zero-order valence-corrected chi connectivity index (χ0v) is 11.2. The molecule has 100 valence electrons. The summed E-state index contributed by atoms with van der Waals surface area (Å²) in [5.41, 5.74) is 6.59. The molecule has 0 aromatic carbocycles. The van der Waals surface area contributed by atoms with Gasteiger partial charge in [-0.1, -0.05) is 25.4 Å². The average molecular weight is 251 g/mol. The van der Waals surface area contributed by atoms with Crippen LogP contribution in [0.4, 0.5) is 5.82 Å². The Morgan fingerprint density at radius 3 is 2.89 bits per heavy atom. The summed E-state index contributed by atoms with van der Waals surface area (Å²) in [5, 5.41) is 11.6. The van der Waals surface area contributed by atoms with Crippen molar-refractivity contribution in [3.8, 4) is 0 Å². The van der Waals surface area contributed by atoms with Gasteiger partial charge in [-0.25, -0.2) is 9.97 Å². The second-order valence-electron chi connectivity index (χ2n) is 4.42. The molecule has 1 aromatic heterocycles. The number of aromatic nitrogens is 2. The van der Waals surface area contributed by atoms with Crippen LogP contribution >= 0.6 is 0 Å². The van der Waals surface area contributed by atoms with Crippen molar-refractivity contribution >= 4 is 11.7 Å². The van der Waals surface area contributed by atoms with Crippen LogP contribution in [-0.2, 0) is 6.42 Å². The van der Waals surface area contributed by atoms with Crippen molar-refractivity contribution in [1.82, 2.24) is 9.97 Å². The smallest absolute Gasteiger partial charge is 0.143 e. The first-order chi connectivity index (χ1) is 8.58. The third-order valence-corrected chi connectivity index (χ3v) is 2.77. The minimum absolute atomic E-state index is 0.0374. The highest BCUT2D eigenvalue weighted by molar-refractivity contribution is 5.82. The fourth-order valence-corrected chi connectivity index (χ4v) is 1.68. The molecule has 18 heavy (non-hydrogen) atoms. The minimum Gasteiger partial charge on any atom is -0.409 e. The number of aryl methyl sites for hydroxylation is 1. The van der Waals surface area contributed by atoms with Gasteiger partial charge in [-0.2, -0.15) is 0 Å². The Morgan fingerprint density at radius 2 is 2.28 bits per heavy atom. The largest absolute Gasteiger partial charge is 0.409 e. The topological polar surface area (TPSA) is 87.6 Å². The lowest BCUT2D eigenvalue weighted by atomic mass is 10.1. The third-order valence-electron chi connectivity index (χ3n) is 2.77. The molecule has 1 unspecified atom stereocenters. The summed E-state index contributed by atoms with van der Waals surface area (Å²) < 4.78 is 0. The van der Waals surface area contributed by atoms with Crippen LogP contribution < -0.4 is 10.6 Å². The second-order valence-corrected chi connectivity index (χ2v) is 4.42. The van der Waals surface area contributed by atoms with Crippen molar-refractivity contribution in [3.05, 3.63) is 18.1 Å². The first-order valence-electron chi connectivity index (χ1n) is 6.08. The van der Waals surface area contributed by atoms with Gasteiger partial charge in [0.1, 0.15) is 18.0 Å². The molecular weight excluding hydrogens is 230 g/mol. The van der Waals surface area contributed by atoms with Gasteiger partial charge in [-0.05, 0) is 6.42 Å². The molecule has 1 rings (SSSR count). The SMILES string of the molecule is CCCc1cc(N(C)CC(C)/C(N)=N/O)ncn1. The maximum Gasteiger partial charge on any atom is 0.143 e. The van der Waals surface area contributed by atoms with Crippen molar-refractivity contribution < 1.29 is 5.21 Å². The summed E-state index contributed by atoms with van der Waals surface area (Å²) in [6.45, 7) is 4.66. The van der Waals surface area contributed by atoms with Gasteiger partial charge in [0.25, 0.3) is 0 Å². The first-order valence-corrected chi connectivity index (χ1v) is 6.08. The van der Waals surface area contributed by atoms with Gasteiger partial charge in [0.05, 0.1) is 0 Å². The van der Waals surface area contributed by atoms with Crippen molar-refractivity contribution in [2.45, 2.75) is 26.7 Å². The monoisotopic (exact) mass is 251 g/mol. The van der Waals surface area contributed by atoms with Gasteiger partial charge in [-0.3, -0.25) is 0 Å². The summed E-state index contributed by atoms with van der Waals surface area (Å²) in [5.74, 6) is 1.04. The number of nitrogens with zero attached hydrogens (tertiary/aromatic N) is 4. The molecule has 0 aliphatic heterocycles. The molecule has 1 atom stereocenters. The van der Waals surface area contributed by atoms with Gasteiger partial charge in [0.15, 0.2) is 0 Å². The van der Waals surface area contributed by atoms with Crippen LogP contribution in [0, 0.1) is 5.92 Å². The van der Waals surface area contributed by atoms with Crippen LogP contribution in [0.3, 0.4) is 0 Å². The molecule has 1 heterocycles. The highest BCUT2D eigenvalue weighted by atomic mass is 16.4. The van der Waals surface area contributed by atoms with Crippen LogP contribution in [0.5, 0.6) is 0 Å². The van der Waals surface area contributed by atoms with Gasteiger partial charge in [0.2, 0.25) is 0 Å². The summed E-state index contributed by atoms with van der Waals surface area (Å²) in [6.07, 6.45) is 3.57. The Balaban J connectivity index is 2.71. The van der Waals surface area contributed by atoms with Crippen molar-refractivity contribution in [2.24, 2.45) is 16.8 Å². The normalized spacial score (nSPS) is 13.4. The predicted molar refractivity (Wildman–Crippen MR) is 71.9 cm³/mol. The molecule has 0 fully saturated rings. The second kappa shape index (κ2) is 6.78. The summed E-state index contributed by atoms with van der Waals surface area (Å²) in [7, 11) is 1.93. The molecular formula is C12H21N5O. The molecule has 0 saturated heterocycles. The van der Waals surface area contributed by atoms with Crippen molar-refractivity contribution in [3.63, 3.8) is 0 Å². The van der Waals surface area contributed by atoms with E-state index in [1.54, 1.807) is 6.33 Å². The molecule has 1 aromatic rings. The number of rotatable bonds is 6. The fraction of sp³-hybridized carbons (Fsp3) is 0.583. The number of oxime groups is 1. The van der Waals surface area contributed by atoms with E-state index < -0.39 is 0 Å². The molecule has 6 heteroatoms. The van der Waals surface area contributed by atoms with E-state index in [4.69, 9.17) is 10.9 Å².